The summed E-state index contributed by atoms with van der Waals surface area (Å²) in [6, 6.07) is 17.3. The number of aliphatic imine (C=N–C) groups is 1. The van der Waals surface area contributed by atoms with Crippen LogP contribution in [0, 0.1) is 0 Å². The molecule has 0 radical (unpaired) electrons. The summed E-state index contributed by atoms with van der Waals surface area (Å²) in [4.78, 5) is 4.39. The highest BCUT2D eigenvalue weighted by molar-refractivity contribution is 5.92. The third kappa shape index (κ3) is 5.65. The van der Waals surface area contributed by atoms with Crippen LogP contribution in [0.3, 0.4) is 0 Å². The average molecular weight is 337 g/mol. The maximum Gasteiger partial charge on any atom is 0.193 e. The molecule has 3 N–H and O–H groups in total. The second-order valence-electron chi connectivity index (χ2n) is 5.77. The van der Waals surface area contributed by atoms with Gasteiger partial charge < -0.3 is 20.5 Å². The Balaban J connectivity index is 1.54. The van der Waals surface area contributed by atoms with E-state index in [0.717, 1.165) is 36.6 Å². The normalized spacial score (nSPS) is 14.7. The van der Waals surface area contributed by atoms with E-state index in [1.165, 1.54) is 5.57 Å². The number of rotatable bonds is 6. The van der Waals surface area contributed by atoms with Crippen molar-refractivity contribution in [2.24, 2.45) is 10.7 Å². The molecule has 0 fully saturated rings. The lowest BCUT2D eigenvalue weighted by Crippen LogP contribution is -2.23. The fourth-order valence-electron chi connectivity index (χ4n) is 2.56. The summed E-state index contributed by atoms with van der Waals surface area (Å²) < 4.78 is 11.1. The summed E-state index contributed by atoms with van der Waals surface area (Å²) in [7, 11) is 0. The minimum Gasteiger partial charge on any atom is -0.457 e. The summed E-state index contributed by atoms with van der Waals surface area (Å²) in [6.07, 6.45) is 4.04. The van der Waals surface area contributed by atoms with E-state index in [0.29, 0.717) is 19.1 Å². The van der Waals surface area contributed by atoms with Gasteiger partial charge in [0.15, 0.2) is 5.96 Å². The number of nitrogens with two attached hydrogens (primary N) is 1. The Morgan fingerprint density at radius 1 is 1.12 bits per heavy atom. The van der Waals surface area contributed by atoms with Crippen molar-refractivity contribution >= 4 is 11.6 Å². The van der Waals surface area contributed by atoms with Crippen LogP contribution in [-0.2, 0) is 4.74 Å². The van der Waals surface area contributed by atoms with E-state index in [-0.39, 0.29) is 0 Å². The molecule has 0 aliphatic carbocycles. The van der Waals surface area contributed by atoms with Crippen molar-refractivity contribution in [3.8, 4) is 11.5 Å². The maximum atomic E-state index is 5.98. The third-order valence-corrected chi connectivity index (χ3v) is 3.86. The predicted octanol–water partition coefficient (Wildman–Crippen LogP) is 3.94. The summed E-state index contributed by atoms with van der Waals surface area (Å²) >= 11 is 0. The van der Waals surface area contributed by atoms with Crippen molar-refractivity contribution in [1.82, 2.24) is 0 Å². The Kier molecular flexibility index (Phi) is 6.06. The Hall–Kier alpha value is -2.79. The fraction of sp³-hybridized carbons (Fsp3) is 0.250. The van der Waals surface area contributed by atoms with Gasteiger partial charge in [0.25, 0.3) is 0 Å². The third-order valence-electron chi connectivity index (χ3n) is 3.86. The molecule has 5 nitrogen and oxygen atoms in total. The number of benzene rings is 2. The van der Waals surface area contributed by atoms with Crippen molar-refractivity contribution in [1.29, 1.82) is 0 Å². The zero-order chi connectivity index (χ0) is 17.3. The van der Waals surface area contributed by atoms with E-state index in [9.17, 15) is 0 Å². The van der Waals surface area contributed by atoms with Gasteiger partial charge in [-0.3, -0.25) is 4.99 Å². The Bertz CT molecular complexity index is 742. The van der Waals surface area contributed by atoms with Crippen LogP contribution < -0.4 is 15.8 Å². The van der Waals surface area contributed by atoms with Crippen LogP contribution in [0.25, 0.3) is 0 Å². The molecule has 1 heterocycles. The molecule has 130 valence electrons. The molecule has 0 unspecified atom stereocenters. The first-order valence-corrected chi connectivity index (χ1v) is 8.45. The lowest BCUT2D eigenvalue weighted by atomic mass is 10.1. The number of anilines is 1. The fourth-order valence-corrected chi connectivity index (χ4v) is 2.56. The first kappa shape index (κ1) is 17.0. The van der Waals surface area contributed by atoms with E-state index in [1.807, 2.05) is 54.6 Å². The molecule has 0 saturated carbocycles. The maximum absolute atomic E-state index is 5.98. The first-order chi connectivity index (χ1) is 12.3. The number of ether oxygens (including phenoxy) is 2. The van der Waals surface area contributed by atoms with Gasteiger partial charge in [0.2, 0.25) is 0 Å². The van der Waals surface area contributed by atoms with Crippen LogP contribution in [0.5, 0.6) is 11.5 Å². The zero-order valence-corrected chi connectivity index (χ0v) is 14.2. The number of hydrogen-bond donors (Lipinski definition) is 2. The van der Waals surface area contributed by atoms with Gasteiger partial charge in [-0.25, -0.2) is 0 Å². The number of nitrogens with one attached hydrogen (secondary N) is 1. The highest BCUT2D eigenvalue weighted by atomic mass is 16.5. The monoisotopic (exact) mass is 337 g/mol. The Morgan fingerprint density at radius 2 is 1.96 bits per heavy atom. The van der Waals surface area contributed by atoms with E-state index in [2.05, 4.69) is 16.4 Å². The second-order valence-corrected chi connectivity index (χ2v) is 5.77. The molecule has 0 amide bonds. The van der Waals surface area contributed by atoms with Gasteiger partial charge in [-0.05, 0) is 37.1 Å². The number of hydrogen-bond acceptors (Lipinski definition) is 3. The first-order valence-electron chi connectivity index (χ1n) is 8.45. The number of para-hydroxylation sites is 1. The average Bonchev–Trinajstić information content (AvgIpc) is 2.64. The minimum atomic E-state index is 0.407. The minimum absolute atomic E-state index is 0.407. The molecular formula is C20H23N3O2. The van der Waals surface area contributed by atoms with Crippen molar-refractivity contribution in [3.05, 3.63) is 66.2 Å². The lowest BCUT2D eigenvalue weighted by molar-refractivity contribution is 0.153. The topological polar surface area (TPSA) is 68.9 Å². The van der Waals surface area contributed by atoms with Crippen molar-refractivity contribution in [3.63, 3.8) is 0 Å². The molecular weight excluding hydrogens is 314 g/mol. The van der Waals surface area contributed by atoms with Gasteiger partial charge >= 0.3 is 0 Å². The van der Waals surface area contributed by atoms with Crippen LogP contribution in [0.15, 0.2) is 71.2 Å². The number of guanidine groups is 1. The highest BCUT2D eigenvalue weighted by Gasteiger charge is 2.03. The summed E-state index contributed by atoms with van der Waals surface area (Å²) in [5.74, 6) is 1.95. The molecule has 2 aromatic rings. The Morgan fingerprint density at radius 3 is 2.76 bits per heavy atom. The van der Waals surface area contributed by atoms with Crippen LogP contribution in [0.1, 0.15) is 12.8 Å². The van der Waals surface area contributed by atoms with Crippen LogP contribution in [0.4, 0.5) is 5.69 Å². The van der Waals surface area contributed by atoms with Crippen LogP contribution in [0.2, 0.25) is 0 Å². The van der Waals surface area contributed by atoms with Gasteiger partial charge in [0.1, 0.15) is 11.5 Å². The molecule has 1 aliphatic heterocycles. The van der Waals surface area contributed by atoms with Crippen molar-refractivity contribution in [2.75, 3.05) is 25.1 Å². The molecule has 0 saturated heterocycles. The second kappa shape index (κ2) is 8.89. The lowest BCUT2D eigenvalue weighted by Gasteiger charge is -2.12. The molecule has 25 heavy (non-hydrogen) atoms. The van der Waals surface area contributed by atoms with E-state index in [1.54, 1.807) is 0 Å². The SMILES string of the molecule is NC(=NCCC1=CCOCC1)Nc1cccc(Oc2ccccc2)c1. The molecule has 0 atom stereocenters. The zero-order valence-electron chi connectivity index (χ0n) is 14.2. The van der Waals surface area contributed by atoms with Crippen LogP contribution >= 0.6 is 0 Å². The van der Waals surface area contributed by atoms with Crippen molar-refractivity contribution < 1.29 is 9.47 Å². The van der Waals surface area contributed by atoms with Gasteiger partial charge in [-0.15, -0.1) is 0 Å². The Labute approximate surface area is 148 Å². The molecule has 3 rings (SSSR count). The molecule has 0 aromatic heterocycles. The van der Waals surface area contributed by atoms with E-state index in [4.69, 9.17) is 15.2 Å². The van der Waals surface area contributed by atoms with E-state index >= 15 is 0 Å². The molecule has 0 spiro atoms. The molecule has 5 heteroatoms. The summed E-state index contributed by atoms with van der Waals surface area (Å²) in [5, 5.41) is 3.11. The standard InChI is InChI=1S/C20H23N3O2/c21-20(22-12-9-16-10-13-24-14-11-16)23-17-5-4-8-19(15-17)25-18-6-2-1-3-7-18/h1-8,10,15H,9,11-14H2,(H3,21,22,23). The van der Waals surface area contributed by atoms with Crippen LogP contribution in [-0.4, -0.2) is 25.7 Å². The summed E-state index contributed by atoms with van der Waals surface area (Å²) in [6.45, 7) is 2.18. The van der Waals surface area contributed by atoms with Gasteiger partial charge in [-0.2, -0.15) is 0 Å². The molecule has 2 aromatic carbocycles. The smallest absolute Gasteiger partial charge is 0.193 e. The number of nitrogens with zero attached hydrogens (tertiary/aromatic N) is 1. The predicted molar refractivity (Wildman–Crippen MR) is 101 cm³/mol. The van der Waals surface area contributed by atoms with E-state index < -0.39 is 0 Å². The largest absolute Gasteiger partial charge is 0.457 e. The highest BCUT2D eigenvalue weighted by Crippen LogP contribution is 2.23. The van der Waals surface area contributed by atoms with Crippen molar-refractivity contribution in [2.45, 2.75) is 12.8 Å². The van der Waals surface area contributed by atoms with Gasteiger partial charge in [0, 0.05) is 18.3 Å². The molecule has 1 aliphatic rings. The molecule has 0 bridgehead atoms. The van der Waals surface area contributed by atoms with Gasteiger partial charge in [-0.1, -0.05) is 35.9 Å². The quantitative estimate of drug-likeness (QED) is 0.476. The summed E-state index contributed by atoms with van der Waals surface area (Å²) in [5.41, 5.74) is 8.21. The van der Waals surface area contributed by atoms with Gasteiger partial charge in [0.05, 0.1) is 13.2 Å².